The molecule has 39 heavy (non-hydrogen) atoms. The van der Waals surface area contributed by atoms with Crippen molar-refractivity contribution in [1.82, 2.24) is 10.4 Å². The lowest BCUT2D eigenvalue weighted by Crippen LogP contribution is -2.19. The van der Waals surface area contributed by atoms with E-state index in [0.717, 1.165) is 19.9 Å². The van der Waals surface area contributed by atoms with Gasteiger partial charge >= 0.3 is 5.97 Å². The van der Waals surface area contributed by atoms with Gasteiger partial charge in [0.25, 0.3) is 5.91 Å². The first kappa shape index (κ1) is 27.1. The Kier molecular flexibility index (Phi) is 8.18. The van der Waals surface area contributed by atoms with E-state index in [2.05, 4.69) is 47.4 Å². The first-order chi connectivity index (χ1) is 18.8. The minimum absolute atomic E-state index is 0.232. The monoisotopic (exact) mass is 683 g/mol. The summed E-state index contributed by atoms with van der Waals surface area (Å²) in [6.45, 7) is 0. The Morgan fingerprint density at radius 3 is 2.38 bits per heavy atom. The van der Waals surface area contributed by atoms with Crippen molar-refractivity contribution in [2.75, 3.05) is 0 Å². The Hall–Kier alpha value is -3.43. The highest BCUT2D eigenvalue weighted by Crippen LogP contribution is 2.37. The highest BCUT2D eigenvalue weighted by atomic mass is 79.9. The van der Waals surface area contributed by atoms with Crippen molar-refractivity contribution in [3.8, 4) is 16.9 Å². The molecule has 6 nitrogen and oxygen atoms in total. The average Bonchev–Trinajstić information content (AvgIpc) is 3.30. The van der Waals surface area contributed by atoms with Gasteiger partial charge in [0.2, 0.25) is 0 Å². The molecule has 0 atom stereocenters. The Morgan fingerprint density at radius 2 is 1.62 bits per heavy atom. The molecule has 1 aromatic heterocycles. The number of H-pyrrole nitrogens is 1. The minimum atomic E-state index is -0.616. The summed E-state index contributed by atoms with van der Waals surface area (Å²) in [7, 11) is 0. The van der Waals surface area contributed by atoms with Crippen LogP contribution in [0.3, 0.4) is 0 Å². The number of hydrogen-bond donors (Lipinski definition) is 2. The van der Waals surface area contributed by atoms with Gasteiger partial charge in [0.05, 0.1) is 27.3 Å². The molecule has 4 aromatic carbocycles. The second-order valence-electron chi connectivity index (χ2n) is 8.30. The maximum Gasteiger partial charge on any atom is 0.345 e. The number of hydrogen-bond acceptors (Lipinski definition) is 4. The minimum Gasteiger partial charge on any atom is -0.422 e. The van der Waals surface area contributed by atoms with Gasteiger partial charge in [-0.1, -0.05) is 97.5 Å². The third-order valence-electron chi connectivity index (χ3n) is 5.75. The predicted octanol–water partition coefficient (Wildman–Crippen LogP) is 8.65. The molecule has 0 fully saturated rings. The maximum absolute atomic E-state index is 13.3. The highest BCUT2D eigenvalue weighted by Gasteiger charge is 2.21. The van der Waals surface area contributed by atoms with Crippen LogP contribution in [0.5, 0.6) is 5.75 Å². The summed E-state index contributed by atoms with van der Waals surface area (Å²) in [6.07, 6.45) is 1.40. The number of carbonyl (C=O) groups excluding carboxylic acids is 2. The van der Waals surface area contributed by atoms with E-state index in [1.807, 2.05) is 36.4 Å². The highest BCUT2D eigenvalue weighted by molar-refractivity contribution is 9.10. The third-order valence-corrected chi connectivity index (χ3v) is 7.33. The summed E-state index contributed by atoms with van der Waals surface area (Å²) in [6, 6.07) is 24.8. The number of aromatic nitrogens is 1. The van der Waals surface area contributed by atoms with Crippen LogP contribution in [-0.2, 0) is 0 Å². The van der Waals surface area contributed by atoms with Gasteiger partial charge in [0.15, 0.2) is 0 Å². The second kappa shape index (κ2) is 11.8. The lowest BCUT2D eigenvalue weighted by atomic mass is 10.0. The molecule has 1 heterocycles. The number of fused-ring (bicyclic) bond motifs is 1. The van der Waals surface area contributed by atoms with Crippen molar-refractivity contribution >= 4 is 84.1 Å². The number of aromatic amines is 1. The summed E-state index contributed by atoms with van der Waals surface area (Å²) < 4.78 is 7.10. The molecule has 0 radical (unpaired) electrons. The number of carbonyl (C=O) groups is 2. The number of hydrazone groups is 1. The Bertz CT molecular complexity index is 1750. The van der Waals surface area contributed by atoms with Crippen molar-refractivity contribution in [3.05, 3.63) is 121 Å². The van der Waals surface area contributed by atoms with E-state index in [9.17, 15) is 9.59 Å². The number of benzene rings is 4. The molecule has 0 saturated heterocycles. The zero-order valence-corrected chi connectivity index (χ0v) is 24.5. The van der Waals surface area contributed by atoms with Gasteiger partial charge in [0, 0.05) is 25.5 Å². The van der Waals surface area contributed by atoms with Crippen LogP contribution in [0.2, 0.25) is 10.0 Å². The lowest BCUT2D eigenvalue weighted by Gasteiger charge is -2.09. The molecule has 0 saturated carbocycles. The fourth-order valence-electron chi connectivity index (χ4n) is 4.01. The second-order valence-corrected chi connectivity index (χ2v) is 10.9. The molecule has 5 aromatic rings. The molecule has 0 spiro atoms. The first-order valence-electron chi connectivity index (χ1n) is 11.5. The largest absolute Gasteiger partial charge is 0.422 e. The summed E-state index contributed by atoms with van der Waals surface area (Å²) in [5, 5.41) is 5.67. The molecule has 194 valence electrons. The lowest BCUT2D eigenvalue weighted by molar-refractivity contribution is 0.0734. The SMILES string of the molecule is O=C(Oc1ccc(Br)cc1C=NNC(=O)c1[nH]c2c(Cl)cc(Br)cc2c1-c1ccccc1)c1ccccc1Cl. The van der Waals surface area contributed by atoms with E-state index < -0.39 is 11.9 Å². The molecule has 0 unspecified atom stereocenters. The van der Waals surface area contributed by atoms with Gasteiger partial charge in [-0.2, -0.15) is 5.10 Å². The smallest absolute Gasteiger partial charge is 0.345 e. The van der Waals surface area contributed by atoms with Crippen molar-refractivity contribution in [2.24, 2.45) is 5.10 Å². The number of amides is 1. The van der Waals surface area contributed by atoms with Crippen LogP contribution in [0.15, 0.2) is 99.0 Å². The molecule has 0 aliphatic rings. The van der Waals surface area contributed by atoms with E-state index in [-0.39, 0.29) is 16.3 Å². The van der Waals surface area contributed by atoms with Crippen LogP contribution in [0.25, 0.3) is 22.0 Å². The summed E-state index contributed by atoms with van der Waals surface area (Å²) in [4.78, 5) is 29.2. The average molecular weight is 686 g/mol. The fourth-order valence-corrected chi connectivity index (χ4v) is 5.45. The van der Waals surface area contributed by atoms with Gasteiger partial charge in [-0.15, -0.1) is 0 Å². The van der Waals surface area contributed by atoms with E-state index in [1.54, 1.807) is 48.5 Å². The Balaban J connectivity index is 1.44. The predicted molar refractivity (Wildman–Crippen MR) is 162 cm³/mol. The zero-order chi connectivity index (χ0) is 27.5. The summed E-state index contributed by atoms with van der Waals surface area (Å²) in [5.41, 5.74) is 5.71. The zero-order valence-electron chi connectivity index (χ0n) is 19.8. The number of ether oxygens (including phenoxy) is 1. The number of rotatable bonds is 6. The van der Waals surface area contributed by atoms with Gasteiger partial charge < -0.3 is 9.72 Å². The van der Waals surface area contributed by atoms with Crippen LogP contribution in [0.1, 0.15) is 26.4 Å². The molecular formula is C29H17Br2Cl2N3O3. The number of nitrogens with zero attached hydrogens (tertiary/aromatic N) is 1. The maximum atomic E-state index is 13.3. The summed E-state index contributed by atoms with van der Waals surface area (Å²) >= 11 is 19.5. The Labute approximate surface area is 250 Å². The van der Waals surface area contributed by atoms with Crippen molar-refractivity contribution in [3.63, 3.8) is 0 Å². The fraction of sp³-hybridized carbons (Fsp3) is 0. The molecule has 5 rings (SSSR count). The van der Waals surface area contributed by atoms with Gasteiger partial charge in [0.1, 0.15) is 11.4 Å². The standard InChI is InChI=1S/C29H17Br2Cl2N3O3/c30-18-10-11-24(39-29(38)20-8-4-5-9-22(20)32)17(12-18)15-34-36-28(37)27-25(16-6-2-1-3-7-16)21-13-19(31)14-23(33)26(21)35-27/h1-15,35H,(H,36,37). The van der Waals surface area contributed by atoms with E-state index in [4.69, 9.17) is 27.9 Å². The number of esters is 1. The molecule has 0 bridgehead atoms. The van der Waals surface area contributed by atoms with Crippen LogP contribution < -0.4 is 10.2 Å². The van der Waals surface area contributed by atoms with Crippen molar-refractivity contribution in [2.45, 2.75) is 0 Å². The van der Waals surface area contributed by atoms with E-state index >= 15 is 0 Å². The number of halogens is 4. The van der Waals surface area contributed by atoms with Crippen molar-refractivity contribution < 1.29 is 14.3 Å². The molecule has 0 aliphatic heterocycles. The third kappa shape index (κ3) is 5.94. The van der Waals surface area contributed by atoms with Crippen LogP contribution in [-0.4, -0.2) is 23.1 Å². The van der Waals surface area contributed by atoms with Crippen LogP contribution in [0, 0.1) is 0 Å². The van der Waals surface area contributed by atoms with E-state index in [0.29, 0.717) is 27.4 Å². The van der Waals surface area contributed by atoms with Crippen LogP contribution in [0.4, 0.5) is 0 Å². The summed E-state index contributed by atoms with van der Waals surface area (Å²) in [5.74, 6) is -0.846. The normalized spacial score (nSPS) is 11.2. The molecule has 2 N–H and O–H groups in total. The quantitative estimate of drug-likeness (QED) is 0.0812. The van der Waals surface area contributed by atoms with E-state index in [1.165, 1.54) is 6.21 Å². The van der Waals surface area contributed by atoms with Gasteiger partial charge in [-0.3, -0.25) is 4.79 Å². The van der Waals surface area contributed by atoms with Crippen molar-refractivity contribution in [1.29, 1.82) is 0 Å². The Morgan fingerprint density at radius 1 is 0.872 bits per heavy atom. The molecular weight excluding hydrogens is 669 g/mol. The first-order valence-corrected chi connectivity index (χ1v) is 13.8. The molecule has 1 amide bonds. The number of nitrogens with one attached hydrogen (secondary N) is 2. The molecule has 0 aliphatic carbocycles. The molecule has 10 heteroatoms. The van der Waals surface area contributed by atoms with Crippen LogP contribution >= 0.6 is 55.1 Å². The van der Waals surface area contributed by atoms with Gasteiger partial charge in [-0.05, 0) is 48.0 Å². The van der Waals surface area contributed by atoms with Gasteiger partial charge in [-0.25, -0.2) is 10.2 Å². The topological polar surface area (TPSA) is 83.5 Å².